The van der Waals surface area contributed by atoms with Crippen LogP contribution >= 0.6 is 15.9 Å². The lowest BCUT2D eigenvalue weighted by molar-refractivity contribution is 0.0696. The summed E-state index contributed by atoms with van der Waals surface area (Å²) in [6.45, 7) is 2.20. The number of hydrogen-bond donors (Lipinski definition) is 3. The average Bonchev–Trinajstić information content (AvgIpc) is 2.31. The molecular formula is C12H15BrN2O4. The van der Waals surface area contributed by atoms with Gasteiger partial charge in [-0.1, -0.05) is 0 Å². The molecule has 0 aliphatic heterocycles. The molecule has 2 amide bonds. The summed E-state index contributed by atoms with van der Waals surface area (Å²) in [7, 11) is 1.55. The molecule has 1 atom stereocenters. The molecule has 0 saturated heterocycles. The number of nitrogens with one attached hydrogen (secondary N) is 2. The fourth-order valence-electron chi connectivity index (χ4n) is 1.45. The van der Waals surface area contributed by atoms with Crippen molar-refractivity contribution in [3.8, 4) is 0 Å². The number of carbonyl (C=O) groups is 2. The second-order valence-electron chi connectivity index (χ2n) is 3.95. The fraction of sp³-hybridized carbons (Fsp3) is 0.333. The molecule has 0 heterocycles. The Balaban J connectivity index is 2.69. The van der Waals surface area contributed by atoms with Gasteiger partial charge in [0.2, 0.25) is 0 Å². The van der Waals surface area contributed by atoms with Crippen molar-refractivity contribution in [1.82, 2.24) is 5.32 Å². The smallest absolute Gasteiger partial charge is 0.336 e. The first-order chi connectivity index (χ1) is 8.93. The van der Waals surface area contributed by atoms with Crippen LogP contribution in [0, 0.1) is 0 Å². The normalized spacial score (nSPS) is 11.7. The molecule has 0 aromatic heterocycles. The van der Waals surface area contributed by atoms with Crippen LogP contribution in [0.2, 0.25) is 0 Å². The second kappa shape index (κ2) is 7.10. The molecule has 19 heavy (non-hydrogen) atoms. The highest BCUT2D eigenvalue weighted by Gasteiger charge is 2.11. The second-order valence-corrected chi connectivity index (χ2v) is 4.81. The van der Waals surface area contributed by atoms with E-state index in [0.29, 0.717) is 16.8 Å². The van der Waals surface area contributed by atoms with E-state index in [1.807, 2.05) is 0 Å². The Kier molecular flexibility index (Phi) is 5.78. The molecular weight excluding hydrogens is 316 g/mol. The van der Waals surface area contributed by atoms with Crippen LogP contribution in [0.15, 0.2) is 22.7 Å². The molecule has 104 valence electrons. The number of carboxylic acids is 1. The van der Waals surface area contributed by atoms with Gasteiger partial charge < -0.3 is 20.5 Å². The molecule has 0 fully saturated rings. The molecule has 1 unspecified atom stereocenters. The first kappa shape index (κ1) is 15.5. The highest BCUT2D eigenvalue weighted by molar-refractivity contribution is 9.10. The molecule has 0 aliphatic carbocycles. The van der Waals surface area contributed by atoms with Crippen LogP contribution in [0.1, 0.15) is 17.3 Å². The third kappa shape index (κ3) is 4.88. The van der Waals surface area contributed by atoms with Gasteiger partial charge in [0.15, 0.2) is 0 Å². The van der Waals surface area contributed by atoms with Crippen LogP contribution in [-0.4, -0.2) is 36.9 Å². The lowest BCUT2D eigenvalue weighted by atomic mass is 10.2. The van der Waals surface area contributed by atoms with E-state index >= 15 is 0 Å². The van der Waals surface area contributed by atoms with E-state index in [1.54, 1.807) is 26.2 Å². The van der Waals surface area contributed by atoms with E-state index in [-0.39, 0.29) is 11.6 Å². The maximum atomic E-state index is 11.6. The average molecular weight is 331 g/mol. The van der Waals surface area contributed by atoms with E-state index < -0.39 is 12.0 Å². The number of halogens is 1. The topological polar surface area (TPSA) is 87.7 Å². The minimum absolute atomic E-state index is 0.0859. The number of methoxy groups -OCH3 is 1. The molecule has 7 heteroatoms. The van der Waals surface area contributed by atoms with E-state index in [1.165, 1.54) is 6.07 Å². The number of ether oxygens (including phenoxy) is 1. The number of amides is 2. The Bertz CT molecular complexity index is 479. The predicted octanol–water partition coefficient (Wildman–Crippen LogP) is 2.30. The number of carbonyl (C=O) groups excluding carboxylic acids is 1. The van der Waals surface area contributed by atoms with Gasteiger partial charge in [-0.15, -0.1) is 0 Å². The Labute approximate surface area is 119 Å². The number of hydrogen-bond acceptors (Lipinski definition) is 3. The SMILES string of the molecule is COCC(C)NC(=O)Nc1ccc(Br)c(C(=O)O)c1. The first-order valence-electron chi connectivity index (χ1n) is 5.53. The molecule has 3 N–H and O–H groups in total. The van der Waals surface area contributed by atoms with E-state index in [2.05, 4.69) is 26.6 Å². The van der Waals surface area contributed by atoms with Crippen molar-refractivity contribution in [3.05, 3.63) is 28.2 Å². The Morgan fingerprint density at radius 2 is 2.16 bits per heavy atom. The molecule has 0 saturated carbocycles. The van der Waals surface area contributed by atoms with Gasteiger partial charge in [0.25, 0.3) is 0 Å². The van der Waals surface area contributed by atoms with E-state index in [4.69, 9.17) is 9.84 Å². The van der Waals surface area contributed by atoms with Crippen LogP contribution in [0.4, 0.5) is 10.5 Å². The zero-order chi connectivity index (χ0) is 14.4. The number of benzene rings is 1. The summed E-state index contributed by atoms with van der Waals surface area (Å²) in [5.41, 5.74) is 0.491. The summed E-state index contributed by atoms with van der Waals surface area (Å²) >= 11 is 3.13. The Hall–Kier alpha value is -1.60. The third-order valence-electron chi connectivity index (χ3n) is 2.25. The summed E-state index contributed by atoms with van der Waals surface area (Å²) in [6, 6.07) is 4.00. The van der Waals surface area contributed by atoms with Crippen LogP contribution in [-0.2, 0) is 4.74 Å². The summed E-state index contributed by atoms with van der Waals surface area (Å²) in [5.74, 6) is -1.07. The summed E-state index contributed by atoms with van der Waals surface area (Å²) in [6.07, 6.45) is 0. The predicted molar refractivity (Wildman–Crippen MR) is 74.6 cm³/mol. The summed E-state index contributed by atoms with van der Waals surface area (Å²) in [4.78, 5) is 22.6. The van der Waals surface area contributed by atoms with Crippen molar-refractivity contribution in [1.29, 1.82) is 0 Å². The maximum Gasteiger partial charge on any atom is 0.336 e. The number of urea groups is 1. The van der Waals surface area contributed by atoms with Gasteiger partial charge in [0.05, 0.1) is 18.2 Å². The fourth-order valence-corrected chi connectivity index (χ4v) is 1.87. The lowest BCUT2D eigenvalue weighted by Crippen LogP contribution is -2.38. The highest BCUT2D eigenvalue weighted by atomic mass is 79.9. The Morgan fingerprint density at radius 3 is 2.74 bits per heavy atom. The van der Waals surface area contributed by atoms with Gasteiger partial charge >= 0.3 is 12.0 Å². The third-order valence-corrected chi connectivity index (χ3v) is 2.94. The van der Waals surface area contributed by atoms with Crippen molar-refractivity contribution in [2.45, 2.75) is 13.0 Å². The largest absolute Gasteiger partial charge is 0.478 e. The molecule has 1 rings (SSSR count). The molecule has 1 aromatic carbocycles. The maximum absolute atomic E-state index is 11.6. The van der Waals surface area contributed by atoms with Gasteiger partial charge in [0, 0.05) is 17.3 Å². The van der Waals surface area contributed by atoms with Gasteiger partial charge in [-0.2, -0.15) is 0 Å². The highest BCUT2D eigenvalue weighted by Crippen LogP contribution is 2.21. The van der Waals surface area contributed by atoms with Crippen molar-refractivity contribution < 1.29 is 19.4 Å². The molecule has 0 spiro atoms. The van der Waals surface area contributed by atoms with Crippen LogP contribution in [0.3, 0.4) is 0 Å². The zero-order valence-electron chi connectivity index (χ0n) is 10.6. The van der Waals surface area contributed by atoms with Crippen molar-refractivity contribution in [2.24, 2.45) is 0 Å². The summed E-state index contributed by atoms with van der Waals surface area (Å²) in [5, 5.41) is 14.2. The first-order valence-corrected chi connectivity index (χ1v) is 6.32. The number of carboxylic acid groups (broad SMARTS) is 1. The van der Waals surface area contributed by atoms with E-state index in [9.17, 15) is 9.59 Å². The minimum atomic E-state index is -1.07. The summed E-state index contributed by atoms with van der Waals surface area (Å²) < 4.78 is 5.35. The Morgan fingerprint density at radius 1 is 1.47 bits per heavy atom. The number of rotatable bonds is 5. The number of anilines is 1. The minimum Gasteiger partial charge on any atom is -0.478 e. The molecule has 1 aromatic rings. The van der Waals surface area contributed by atoms with Crippen LogP contribution in [0.25, 0.3) is 0 Å². The van der Waals surface area contributed by atoms with Crippen molar-refractivity contribution >= 4 is 33.6 Å². The molecule has 0 bridgehead atoms. The molecule has 0 radical (unpaired) electrons. The zero-order valence-corrected chi connectivity index (χ0v) is 12.2. The van der Waals surface area contributed by atoms with Gasteiger partial charge in [-0.3, -0.25) is 0 Å². The van der Waals surface area contributed by atoms with Crippen LogP contribution < -0.4 is 10.6 Å². The monoisotopic (exact) mass is 330 g/mol. The quantitative estimate of drug-likeness (QED) is 0.773. The van der Waals surface area contributed by atoms with Crippen LogP contribution in [0.5, 0.6) is 0 Å². The van der Waals surface area contributed by atoms with Gasteiger partial charge in [-0.05, 0) is 41.1 Å². The standard InChI is InChI=1S/C12H15BrN2O4/c1-7(6-19-2)14-12(18)15-8-3-4-10(13)9(5-8)11(16)17/h3-5,7H,6H2,1-2H3,(H,16,17)(H2,14,15,18). The molecule has 0 aliphatic rings. The van der Waals surface area contributed by atoms with Gasteiger partial charge in [0.1, 0.15) is 0 Å². The lowest BCUT2D eigenvalue weighted by Gasteiger charge is -2.14. The molecule has 6 nitrogen and oxygen atoms in total. The number of aromatic carboxylic acids is 1. The van der Waals surface area contributed by atoms with Crippen molar-refractivity contribution in [3.63, 3.8) is 0 Å². The van der Waals surface area contributed by atoms with Crippen molar-refractivity contribution in [2.75, 3.05) is 19.0 Å². The van der Waals surface area contributed by atoms with Gasteiger partial charge in [-0.25, -0.2) is 9.59 Å². The van der Waals surface area contributed by atoms with E-state index in [0.717, 1.165) is 0 Å².